The zero-order valence-electron chi connectivity index (χ0n) is 14.6. The van der Waals surface area contributed by atoms with Crippen LogP contribution < -0.4 is 15.5 Å². The van der Waals surface area contributed by atoms with E-state index >= 15 is 0 Å². The minimum absolute atomic E-state index is 0.107. The van der Waals surface area contributed by atoms with E-state index in [0.29, 0.717) is 5.56 Å². The first-order valence-corrected chi connectivity index (χ1v) is 9.03. The largest absolute Gasteiger partial charge is 0.369 e. The number of hydrogen-bond donors (Lipinski definition) is 2. The van der Waals surface area contributed by atoms with Crippen molar-refractivity contribution in [3.05, 3.63) is 66.4 Å². The van der Waals surface area contributed by atoms with Crippen molar-refractivity contribution in [3.63, 3.8) is 0 Å². The molecule has 0 saturated carbocycles. The van der Waals surface area contributed by atoms with Crippen LogP contribution in [0.1, 0.15) is 16.8 Å². The molecule has 1 fully saturated rings. The van der Waals surface area contributed by atoms with Crippen LogP contribution in [0.25, 0.3) is 10.9 Å². The molecule has 4 rings (SSSR count). The summed E-state index contributed by atoms with van der Waals surface area (Å²) in [5.41, 5.74) is 3.39. The van der Waals surface area contributed by atoms with Crippen LogP contribution in [0.15, 0.2) is 60.8 Å². The summed E-state index contributed by atoms with van der Waals surface area (Å²) < 4.78 is 0. The molecule has 3 aromatic rings. The Morgan fingerprint density at radius 3 is 2.81 bits per heavy atom. The molecule has 1 saturated heterocycles. The van der Waals surface area contributed by atoms with Crippen LogP contribution in [0, 0.1) is 0 Å². The first kappa shape index (κ1) is 16.5. The molecule has 1 aliphatic heterocycles. The highest BCUT2D eigenvalue weighted by molar-refractivity contribution is 6.13. The third-order valence-corrected chi connectivity index (χ3v) is 4.73. The Labute approximate surface area is 153 Å². The quantitative estimate of drug-likeness (QED) is 0.764. The second-order valence-electron chi connectivity index (χ2n) is 6.44. The van der Waals surface area contributed by atoms with E-state index in [1.54, 1.807) is 12.3 Å². The van der Waals surface area contributed by atoms with Crippen molar-refractivity contribution in [2.24, 2.45) is 0 Å². The van der Waals surface area contributed by atoms with E-state index in [1.807, 2.05) is 42.5 Å². The van der Waals surface area contributed by atoms with Gasteiger partial charge >= 0.3 is 0 Å². The number of pyridine rings is 1. The fraction of sp³-hybridized carbons (Fsp3) is 0.238. The Morgan fingerprint density at radius 2 is 1.85 bits per heavy atom. The maximum absolute atomic E-state index is 13.0. The molecule has 2 aromatic carbocycles. The number of para-hydroxylation sites is 3. The number of carbonyl (C=O) groups is 1. The van der Waals surface area contributed by atoms with E-state index < -0.39 is 0 Å². The standard InChI is InChI=1S/C21H22N4O/c26-21(17-10-12-23-18-7-2-1-6-16(17)18)24-19-8-3-4-9-20(19)25-14-5-11-22-13-15-25/h1-4,6-10,12,22H,5,11,13-15H2,(H,24,26). The Hall–Kier alpha value is -2.92. The predicted molar refractivity (Wildman–Crippen MR) is 106 cm³/mol. The summed E-state index contributed by atoms with van der Waals surface area (Å²) in [6.45, 7) is 3.91. The molecule has 26 heavy (non-hydrogen) atoms. The maximum atomic E-state index is 13.0. The molecule has 1 amide bonds. The van der Waals surface area contributed by atoms with Gasteiger partial charge in [0.15, 0.2) is 0 Å². The molecular weight excluding hydrogens is 324 g/mol. The summed E-state index contributed by atoms with van der Waals surface area (Å²) in [7, 11) is 0. The van der Waals surface area contributed by atoms with E-state index in [0.717, 1.165) is 54.9 Å². The van der Waals surface area contributed by atoms with Gasteiger partial charge in [0.1, 0.15) is 0 Å². The molecule has 0 aliphatic carbocycles. The van der Waals surface area contributed by atoms with Crippen molar-refractivity contribution in [1.29, 1.82) is 0 Å². The summed E-state index contributed by atoms with van der Waals surface area (Å²) >= 11 is 0. The third kappa shape index (κ3) is 3.39. The monoisotopic (exact) mass is 346 g/mol. The highest BCUT2D eigenvalue weighted by atomic mass is 16.1. The SMILES string of the molecule is O=C(Nc1ccccc1N1CCCNCC1)c1ccnc2ccccc12. The second kappa shape index (κ2) is 7.54. The van der Waals surface area contributed by atoms with Gasteiger partial charge in [0, 0.05) is 31.2 Å². The van der Waals surface area contributed by atoms with Gasteiger partial charge in [-0.2, -0.15) is 0 Å². The number of carbonyl (C=O) groups excluding carboxylic acids is 1. The zero-order valence-corrected chi connectivity index (χ0v) is 14.6. The molecule has 2 heterocycles. The summed E-state index contributed by atoms with van der Waals surface area (Å²) in [6, 6.07) is 17.5. The molecule has 1 aromatic heterocycles. The van der Waals surface area contributed by atoms with Crippen LogP contribution in [-0.4, -0.2) is 37.1 Å². The normalized spacial score (nSPS) is 14.8. The van der Waals surface area contributed by atoms with Gasteiger partial charge in [-0.15, -0.1) is 0 Å². The summed E-state index contributed by atoms with van der Waals surface area (Å²) in [5.74, 6) is -0.107. The number of fused-ring (bicyclic) bond motifs is 1. The Bertz CT molecular complexity index is 911. The molecule has 132 valence electrons. The van der Waals surface area contributed by atoms with E-state index in [2.05, 4.69) is 26.6 Å². The van der Waals surface area contributed by atoms with Crippen molar-refractivity contribution < 1.29 is 4.79 Å². The first-order valence-electron chi connectivity index (χ1n) is 9.03. The fourth-order valence-corrected chi connectivity index (χ4v) is 3.43. The lowest BCUT2D eigenvalue weighted by molar-refractivity contribution is 0.102. The van der Waals surface area contributed by atoms with Crippen molar-refractivity contribution in [2.75, 3.05) is 36.4 Å². The van der Waals surface area contributed by atoms with Crippen LogP contribution in [0.4, 0.5) is 11.4 Å². The van der Waals surface area contributed by atoms with Crippen molar-refractivity contribution in [2.45, 2.75) is 6.42 Å². The number of benzene rings is 2. The van der Waals surface area contributed by atoms with Crippen molar-refractivity contribution >= 4 is 28.2 Å². The predicted octanol–water partition coefficient (Wildman–Crippen LogP) is 3.29. The minimum atomic E-state index is -0.107. The molecule has 0 atom stereocenters. The minimum Gasteiger partial charge on any atom is -0.369 e. The molecule has 2 N–H and O–H groups in total. The lowest BCUT2D eigenvalue weighted by Crippen LogP contribution is -2.29. The second-order valence-corrected chi connectivity index (χ2v) is 6.44. The molecule has 5 nitrogen and oxygen atoms in total. The number of amides is 1. The van der Waals surface area contributed by atoms with Crippen LogP contribution in [0.3, 0.4) is 0 Å². The Kier molecular flexibility index (Phi) is 4.80. The molecule has 1 aliphatic rings. The molecule has 0 unspecified atom stereocenters. The van der Waals surface area contributed by atoms with Crippen molar-refractivity contribution in [1.82, 2.24) is 10.3 Å². The summed E-state index contributed by atoms with van der Waals surface area (Å²) in [5, 5.41) is 7.39. The number of nitrogens with zero attached hydrogens (tertiary/aromatic N) is 2. The smallest absolute Gasteiger partial charge is 0.256 e. The van der Waals surface area contributed by atoms with Gasteiger partial charge in [-0.25, -0.2) is 0 Å². The van der Waals surface area contributed by atoms with E-state index in [4.69, 9.17) is 0 Å². The number of aromatic nitrogens is 1. The number of rotatable bonds is 3. The maximum Gasteiger partial charge on any atom is 0.256 e. The van der Waals surface area contributed by atoms with Crippen LogP contribution in [0.2, 0.25) is 0 Å². The fourth-order valence-electron chi connectivity index (χ4n) is 3.43. The Balaban J connectivity index is 1.64. The Morgan fingerprint density at radius 1 is 1.00 bits per heavy atom. The average Bonchev–Trinajstić information content (AvgIpc) is 2.97. The van der Waals surface area contributed by atoms with Gasteiger partial charge in [0.2, 0.25) is 0 Å². The van der Waals surface area contributed by atoms with Crippen LogP contribution >= 0.6 is 0 Å². The first-order chi connectivity index (χ1) is 12.8. The lowest BCUT2D eigenvalue weighted by atomic mass is 10.1. The van der Waals surface area contributed by atoms with E-state index in [-0.39, 0.29) is 5.91 Å². The van der Waals surface area contributed by atoms with E-state index in [1.165, 1.54) is 0 Å². The summed E-state index contributed by atoms with van der Waals surface area (Å²) in [6.07, 6.45) is 2.78. The van der Waals surface area contributed by atoms with E-state index in [9.17, 15) is 4.79 Å². The van der Waals surface area contributed by atoms with Crippen LogP contribution in [0.5, 0.6) is 0 Å². The highest BCUT2D eigenvalue weighted by Gasteiger charge is 2.16. The van der Waals surface area contributed by atoms with Gasteiger partial charge in [-0.05, 0) is 37.2 Å². The molecular formula is C21H22N4O. The van der Waals surface area contributed by atoms with Gasteiger partial charge in [0.05, 0.1) is 22.5 Å². The zero-order chi connectivity index (χ0) is 17.8. The highest BCUT2D eigenvalue weighted by Crippen LogP contribution is 2.27. The van der Waals surface area contributed by atoms with Gasteiger partial charge in [-0.3, -0.25) is 9.78 Å². The molecule has 0 spiro atoms. The number of anilines is 2. The molecule has 0 bridgehead atoms. The average molecular weight is 346 g/mol. The van der Waals surface area contributed by atoms with Gasteiger partial charge < -0.3 is 15.5 Å². The topological polar surface area (TPSA) is 57.3 Å². The van der Waals surface area contributed by atoms with Crippen LogP contribution in [-0.2, 0) is 0 Å². The lowest BCUT2D eigenvalue weighted by Gasteiger charge is -2.25. The summed E-state index contributed by atoms with van der Waals surface area (Å²) in [4.78, 5) is 19.6. The molecule has 0 radical (unpaired) electrons. The van der Waals surface area contributed by atoms with Gasteiger partial charge in [0.25, 0.3) is 5.91 Å². The van der Waals surface area contributed by atoms with Gasteiger partial charge in [-0.1, -0.05) is 30.3 Å². The molecule has 5 heteroatoms. The van der Waals surface area contributed by atoms with Crippen molar-refractivity contribution in [3.8, 4) is 0 Å². The third-order valence-electron chi connectivity index (χ3n) is 4.73. The number of hydrogen-bond acceptors (Lipinski definition) is 4. The number of nitrogens with one attached hydrogen (secondary N) is 2.